The average molecular weight is 370 g/mol. The smallest absolute Gasteiger partial charge is 0.224 e. The highest BCUT2D eigenvalue weighted by molar-refractivity contribution is 6.33. The molecule has 1 aromatic heterocycles. The number of halogens is 1. The highest BCUT2D eigenvalue weighted by atomic mass is 35.5. The van der Waals surface area contributed by atoms with E-state index in [2.05, 4.69) is 10.3 Å². The van der Waals surface area contributed by atoms with Crippen molar-refractivity contribution < 1.29 is 9.59 Å². The molecule has 0 bridgehead atoms. The maximum atomic E-state index is 12.3. The number of benzene rings is 2. The van der Waals surface area contributed by atoms with Crippen molar-refractivity contribution in [1.82, 2.24) is 10.3 Å². The van der Waals surface area contributed by atoms with Gasteiger partial charge in [-0.3, -0.25) is 9.59 Å². The predicted molar refractivity (Wildman–Crippen MR) is 104 cm³/mol. The number of fused-ring (bicyclic) bond motifs is 1. The van der Waals surface area contributed by atoms with Gasteiger partial charge in [-0.1, -0.05) is 41.9 Å². The van der Waals surface area contributed by atoms with E-state index >= 15 is 0 Å². The molecule has 1 heterocycles. The second kappa shape index (κ2) is 8.06. The fourth-order valence-corrected chi connectivity index (χ4v) is 3.18. The van der Waals surface area contributed by atoms with Crippen molar-refractivity contribution in [2.24, 2.45) is 0 Å². The van der Waals surface area contributed by atoms with E-state index in [1.807, 2.05) is 42.6 Å². The van der Waals surface area contributed by atoms with Gasteiger partial charge >= 0.3 is 0 Å². The molecule has 2 aromatic carbocycles. The van der Waals surface area contributed by atoms with Crippen molar-refractivity contribution in [3.05, 3.63) is 65.3 Å². The maximum Gasteiger partial charge on any atom is 0.224 e. The summed E-state index contributed by atoms with van der Waals surface area (Å²) in [6.45, 7) is 2.20. The number of amides is 2. The summed E-state index contributed by atoms with van der Waals surface area (Å²) in [6, 6.07) is 15.0. The van der Waals surface area contributed by atoms with Crippen LogP contribution in [0, 0.1) is 0 Å². The Morgan fingerprint density at radius 1 is 1.12 bits per heavy atom. The molecule has 0 radical (unpaired) electrons. The summed E-state index contributed by atoms with van der Waals surface area (Å²) in [7, 11) is 0. The summed E-state index contributed by atoms with van der Waals surface area (Å²) in [4.78, 5) is 28.9. The summed E-state index contributed by atoms with van der Waals surface area (Å²) in [5.74, 6) is -0.207. The number of para-hydroxylation sites is 2. The minimum absolute atomic E-state index is 0.0857. The number of nitrogens with zero attached hydrogens (tertiary/aromatic N) is 1. The van der Waals surface area contributed by atoms with Crippen LogP contribution in [-0.4, -0.2) is 29.9 Å². The van der Waals surface area contributed by atoms with Crippen LogP contribution in [0.3, 0.4) is 0 Å². The minimum atomic E-state index is -0.121. The van der Waals surface area contributed by atoms with Gasteiger partial charge in [-0.25, -0.2) is 0 Å². The highest BCUT2D eigenvalue weighted by Gasteiger charge is 2.15. The zero-order valence-electron chi connectivity index (χ0n) is 14.5. The van der Waals surface area contributed by atoms with Crippen molar-refractivity contribution >= 4 is 40.0 Å². The molecule has 2 amide bonds. The number of carbonyl (C=O) groups excluding carboxylic acids is 2. The molecule has 0 saturated heterocycles. The standard InChI is InChI=1S/C20H20ClN3O2/c1-14(25)24(19-9-5-3-7-17(19)21)11-10-22-20(26)12-15-13-23-18-8-4-2-6-16(15)18/h2-9,13,23H,10-12H2,1H3,(H,22,26). The summed E-state index contributed by atoms with van der Waals surface area (Å²) >= 11 is 6.17. The number of anilines is 1. The fraction of sp³-hybridized carbons (Fsp3) is 0.200. The van der Waals surface area contributed by atoms with E-state index in [0.717, 1.165) is 16.5 Å². The zero-order valence-corrected chi connectivity index (χ0v) is 15.2. The molecule has 0 spiro atoms. The first kappa shape index (κ1) is 18.0. The number of aromatic nitrogens is 1. The van der Waals surface area contributed by atoms with Crippen LogP contribution in [-0.2, 0) is 16.0 Å². The van der Waals surface area contributed by atoms with E-state index in [9.17, 15) is 9.59 Å². The lowest BCUT2D eigenvalue weighted by Gasteiger charge is -2.22. The van der Waals surface area contributed by atoms with E-state index in [-0.39, 0.29) is 18.2 Å². The number of carbonyl (C=O) groups is 2. The van der Waals surface area contributed by atoms with Gasteiger partial charge in [0.25, 0.3) is 0 Å². The van der Waals surface area contributed by atoms with Gasteiger partial charge in [0.1, 0.15) is 0 Å². The second-order valence-corrected chi connectivity index (χ2v) is 6.42. The van der Waals surface area contributed by atoms with E-state index in [1.54, 1.807) is 17.0 Å². The van der Waals surface area contributed by atoms with E-state index in [1.165, 1.54) is 6.92 Å². The molecule has 3 rings (SSSR count). The Labute approximate surface area is 157 Å². The molecule has 134 valence electrons. The summed E-state index contributed by atoms with van der Waals surface area (Å²) in [5.41, 5.74) is 2.61. The van der Waals surface area contributed by atoms with Crippen molar-refractivity contribution in [1.29, 1.82) is 0 Å². The van der Waals surface area contributed by atoms with E-state index in [4.69, 9.17) is 11.6 Å². The Balaban J connectivity index is 1.59. The molecule has 0 aliphatic rings. The molecule has 0 aliphatic carbocycles. The van der Waals surface area contributed by atoms with Gasteiger partial charge in [-0.05, 0) is 23.8 Å². The van der Waals surface area contributed by atoms with Gasteiger partial charge in [-0.15, -0.1) is 0 Å². The topological polar surface area (TPSA) is 65.2 Å². The molecule has 26 heavy (non-hydrogen) atoms. The third-order valence-electron chi connectivity index (χ3n) is 4.21. The van der Waals surface area contributed by atoms with Crippen LogP contribution in [0.1, 0.15) is 12.5 Å². The Hall–Kier alpha value is -2.79. The molecule has 3 aromatic rings. The van der Waals surface area contributed by atoms with Crippen LogP contribution in [0.25, 0.3) is 10.9 Å². The van der Waals surface area contributed by atoms with Crippen LogP contribution in [0.15, 0.2) is 54.7 Å². The zero-order chi connectivity index (χ0) is 18.5. The quantitative estimate of drug-likeness (QED) is 0.698. The van der Waals surface area contributed by atoms with Gasteiger partial charge in [0.15, 0.2) is 0 Å². The SMILES string of the molecule is CC(=O)N(CCNC(=O)Cc1c[nH]c2ccccc12)c1ccccc1Cl. The Morgan fingerprint density at radius 3 is 2.62 bits per heavy atom. The van der Waals surface area contributed by atoms with Crippen molar-refractivity contribution in [3.63, 3.8) is 0 Å². The number of hydrogen-bond donors (Lipinski definition) is 2. The highest BCUT2D eigenvalue weighted by Crippen LogP contribution is 2.25. The minimum Gasteiger partial charge on any atom is -0.361 e. The average Bonchev–Trinajstić information content (AvgIpc) is 3.02. The normalized spacial score (nSPS) is 10.7. The molecular weight excluding hydrogens is 350 g/mol. The predicted octanol–water partition coefficient (Wildman–Crippen LogP) is 3.53. The Morgan fingerprint density at radius 2 is 1.85 bits per heavy atom. The Kier molecular flexibility index (Phi) is 5.58. The number of hydrogen-bond acceptors (Lipinski definition) is 2. The van der Waals surface area contributed by atoms with Gasteiger partial charge in [-0.2, -0.15) is 0 Å². The lowest BCUT2D eigenvalue weighted by Crippen LogP contribution is -2.38. The van der Waals surface area contributed by atoms with Crippen LogP contribution < -0.4 is 10.2 Å². The molecule has 0 unspecified atom stereocenters. The number of rotatable bonds is 6. The van der Waals surface area contributed by atoms with Gasteiger partial charge in [0.2, 0.25) is 11.8 Å². The van der Waals surface area contributed by atoms with Gasteiger partial charge in [0.05, 0.1) is 17.1 Å². The van der Waals surface area contributed by atoms with Crippen LogP contribution in [0.4, 0.5) is 5.69 Å². The largest absolute Gasteiger partial charge is 0.361 e. The molecule has 0 aliphatic heterocycles. The molecule has 0 saturated carbocycles. The van der Waals surface area contributed by atoms with Crippen molar-refractivity contribution in [2.45, 2.75) is 13.3 Å². The van der Waals surface area contributed by atoms with E-state index in [0.29, 0.717) is 23.8 Å². The molecule has 0 atom stereocenters. The first-order valence-corrected chi connectivity index (χ1v) is 8.78. The fourth-order valence-electron chi connectivity index (χ4n) is 2.94. The van der Waals surface area contributed by atoms with E-state index < -0.39 is 0 Å². The summed E-state index contributed by atoms with van der Waals surface area (Å²) in [5, 5.41) is 4.42. The lowest BCUT2D eigenvalue weighted by molar-refractivity contribution is -0.121. The van der Waals surface area contributed by atoms with Crippen molar-refractivity contribution in [3.8, 4) is 0 Å². The Bertz CT molecular complexity index is 935. The third-order valence-corrected chi connectivity index (χ3v) is 4.53. The first-order valence-electron chi connectivity index (χ1n) is 8.40. The summed E-state index contributed by atoms with van der Waals surface area (Å²) < 4.78 is 0. The second-order valence-electron chi connectivity index (χ2n) is 6.01. The molecule has 6 heteroatoms. The number of H-pyrrole nitrogens is 1. The number of nitrogens with one attached hydrogen (secondary N) is 2. The molecule has 2 N–H and O–H groups in total. The molecule has 5 nitrogen and oxygen atoms in total. The molecule has 0 fully saturated rings. The first-order chi connectivity index (χ1) is 12.6. The molecular formula is C20H20ClN3O2. The third kappa shape index (κ3) is 4.06. The summed E-state index contributed by atoms with van der Waals surface area (Å²) in [6.07, 6.45) is 2.14. The van der Waals surface area contributed by atoms with Gasteiger partial charge < -0.3 is 15.2 Å². The van der Waals surface area contributed by atoms with Crippen LogP contribution >= 0.6 is 11.6 Å². The van der Waals surface area contributed by atoms with Crippen LogP contribution in [0.5, 0.6) is 0 Å². The maximum absolute atomic E-state index is 12.3. The number of aromatic amines is 1. The van der Waals surface area contributed by atoms with Crippen LogP contribution in [0.2, 0.25) is 5.02 Å². The monoisotopic (exact) mass is 369 g/mol. The van der Waals surface area contributed by atoms with Gasteiger partial charge in [0, 0.05) is 37.1 Å². The lowest BCUT2D eigenvalue weighted by atomic mass is 10.1. The van der Waals surface area contributed by atoms with Crippen molar-refractivity contribution in [2.75, 3.05) is 18.0 Å².